The zero-order valence-electron chi connectivity index (χ0n) is 14.1. The van der Waals surface area contributed by atoms with Gasteiger partial charge in [-0.25, -0.2) is 0 Å². The number of benzene rings is 2. The molecule has 1 atom stereocenters. The van der Waals surface area contributed by atoms with Gasteiger partial charge in [0.05, 0.1) is 0 Å². The van der Waals surface area contributed by atoms with Crippen LogP contribution in [0.25, 0.3) is 0 Å². The summed E-state index contributed by atoms with van der Waals surface area (Å²) >= 11 is 0. The first-order valence-electron chi connectivity index (χ1n) is 7.75. The van der Waals surface area contributed by atoms with Crippen LogP contribution in [0.5, 0.6) is 0 Å². The van der Waals surface area contributed by atoms with Crippen molar-refractivity contribution in [3.8, 4) is 0 Å². The molecule has 0 N–H and O–H groups in total. The second-order valence-electron chi connectivity index (χ2n) is 5.41. The van der Waals surface area contributed by atoms with E-state index >= 15 is 0 Å². The standard InChI is InChI=1S/C21H24NP/c1-5-10-19(11-6-2)23(20-12-8-7-9-13-20)21-16-14-18(15-17-21)22(3)4/h5-17H,1H2,2-4H3/b11-6-,19-10+. The fraction of sp³-hybridized carbons (Fsp3) is 0.143. The van der Waals surface area contributed by atoms with Gasteiger partial charge in [-0.1, -0.05) is 73.3 Å². The van der Waals surface area contributed by atoms with E-state index < -0.39 is 7.92 Å². The lowest BCUT2D eigenvalue weighted by Gasteiger charge is -2.21. The number of nitrogens with zero attached hydrogens (tertiary/aromatic N) is 1. The molecule has 0 spiro atoms. The van der Waals surface area contributed by atoms with Gasteiger partial charge < -0.3 is 4.90 Å². The molecule has 0 saturated heterocycles. The van der Waals surface area contributed by atoms with Crippen LogP contribution in [0.15, 0.2) is 90.8 Å². The maximum absolute atomic E-state index is 3.88. The Kier molecular flexibility index (Phi) is 6.38. The van der Waals surface area contributed by atoms with Crippen molar-refractivity contribution in [1.29, 1.82) is 0 Å². The Balaban J connectivity index is 2.53. The fourth-order valence-electron chi connectivity index (χ4n) is 2.42. The quantitative estimate of drug-likeness (QED) is 0.544. The average molecular weight is 321 g/mol. The molecule has 23 heavy (non-hydrogen) atoms. The maximum atomic E-state index is 3.88. The zero-order valence-corrected chi connectivity index (χ0v) is 15.0. The highest BCUT2D eigenvalue weighted by Crippen LogP contribution is 2.43. The van der Waals surface area contributed by atoms with E-state index in [1.165, 1.54) is 21.6 Å². The summed E-state index contributed by atoms with van der Waals surface area (Å²) in [5.41, 5.74) is 1.22. The highest BCUT2D eigenvalue weighted by Gasteiger charge is 2.16. The summed E-state index contributed by atoms with van der Waals surface area (Å²) in [7, 11) is 3.56. The Morgan fingerprint density at radius 1 is 0.957 bits per heavy atom. The zero-order chi connectivity index (χ0) is 16.7. The molecule has 0 saturated carbocycles. The van der Waals surface area contributed by atoms with E-state index in [0.717, 1.165) is 0 Å². The van der Waals surface area contributed by atoms with Gasteiger partial charge in [-0.15, -0.1) is 0 Å². The van der Waals surface area contributed by atoms with Gasteiger partial charge in [-0.2, -0.15) is 0 Å². The largest absolute Gasteiger partial charge is 0.378 e. The van der Waals surface area contributed by atoms with E-state index in [0.29, 0.717) is 0 Å². The lowest BCUT2D eigenvalue weighted by molar-refractivity contribution is 1.13. The van der Waals surface area contributed by atoms with Gasteiger partial charge in [0.25, 0.3) is 0 Å². The minimum atomic E-state index is -0.573. The molecule has 118 valence electrons. The van der Waals surface area contributed by atoms with E-state index in [1.54, 1.807) is 0 Å². The molecule has 2 rings (SSSR count). The molecule has 0 aromatic heterocycles. The third kappa shape index (κ3) is 4.43. The van der Waals surface area contributed by atoms with Crippen molar-refractivity contribution in [2.24, 2.45) is 0 Å². The van der Waals surface area contributed by atoms with Crippen LogP contribution in [0.3, 0.4) is 0 Å². The molecular weight excluding hydrogens is 297 g/mol. The number of hydrogen-bond acceptors (Lipinski definition) is 1. The van der Waals surface area contributed by atoms with Crippen LogP contribution < -0.4 is 15.5 Å². The molecule has 0 bridgehead atoms. The van der Waals surface area contributed by atoms with Crippen LogP contribution in [0, 0.1) is 0 Å². The van der Waals surface area contributed by atoms with Crippen molar-refractivity contribution in [1.82, 2.24) is 0 Å². The van der Waals surface area contributed by atoms with E-state index in [1.807, 2.05) is 6.08 Å². The van der Waals surface area contributed by atoms with Gasteiger partial charge in [0.2, 0.25) is 0 Å². The minimum absolute atomic E-state index is 0.573. The molecule has 0 amide bonds. The normalized spacial score (nSPS) is 13.1. The van der Waals surface area contributed by atoms with Crippen molar-refractivity contribution >= 4 is 24.2 Å². The van der Waals surface area contributed by atoms with Crippen molar-refractivity contribution in [3.63, 3.8) is 0 Å². The van der Waals surface area contributed by atoms with Gasteiger partial charge in [-0.05, 0) is 42.9 Å². The lowest BCUT2D eigenvalue weighted by Crippen LogP contribution is -2.14. The first-order chi connectivity index (χ1) is 11.2. The third-order valence-corrected chi connectivity index (χ3v) is 5.97. The fourth-order valence-corrected chi connectivity index (χ4v) is 4.78. The molecular formula is C21H24NP. The van der Waals surface area contributed by atoms with Crippen LogP contribution in [-0.2, 0) is 0 Å². The smallest absolute Gasteiger partial charge is 0.0361 e. The third-order valence-electron chi connectivity index (χ3n) is 3.52. The number of allylic oxidation sites excluding steroid dienone is 5. The first-order valence-corrected chi connectivity index (χ1v) is 9.09. The van der Waals surface area contributed by atoms with Crippen LogP contribution in [0.4, 0.5) is 5.69 Å². The average Bonchev–Trinajstić information content (AvgIpc) is 2.57. The highest BCUT2D eigenvalue weighted by molar-refractivity contribution is 7.77. The monoisotopic (exact) mass is 321 g/mol. The molecule has 2 heteroatoms. The maximum Gasteiger partial charge on any atom is 0.0361 e. The Hall–Kier alpha value is -2.11. The Morgan fingerprint density at radius 3 is 2.09 bits per heavy atom. The molecule has 1 nitrogen and oxygen atoms in total. The van der Waals surface area contributed by atoms with Crippen LogP contribution in [0.2, 0.25) is 0 Å². The Bertz CT molecular complexity index is 682. The van der Waals surface area contributed by atoms with E-state index in [-0.39, 0.29) is 0 Å². The summed E-state index contributed by atoms with van der Waals surface area (Å²) < 4.78 is 0. The van der Waals surface area contributed by atoms with Crippen molar-refractivity contribution in [2.75, 3.05) is 19.0 Å². The molecule has 0 heterocycles. The van der Waals surface area contributed by atoms with Gasteiger partial charge in [0, 0.05) is 19.8 Å². The molecule has 0 aliphatic heterocycles. The second-order valence-corrected chi connectivity index (χ2v) is 7.63. The first kappa shape index (κ1) is 17.2. The molecule has 0 fully saturated rings. The van der Waals surface area contributed by atoms with Gasteiger partial charge in [-0.3, -0.25) is 0 Å². The van der Waals surface area contributed by atoms with Crippen LogP contribution in [-0.4, -0.2) is 14.1 Å². The molecule has 0 aliphatic rings. The van der Waals surface area contributed by atoms with Gasteiger partial charge >= 0.3 is 0 Å². The van der Waals surface area contributed by atoms with E-state index in [2.05, 4.69) is 105 Å². The molecule has 0 aliphatic carbocycles. The molecule has 0 radical (unpaired) electrons. The minimum Gasteiger partial charge on any atom is -0.378 e. The van der Waals surface area contributed by atoms with Crippen molar-refractivity contribution in [2.45, 2.75) is 6.92 Å². The highest BCUT2D eigenvalue weighted by atomic mass is 31.1. The van der Waals surface area contributed by atoms with Crippen LogP contribution >= 0.6 is 7.92 Å². The van der Waals surface area contributed by atoms with E-state index in [4.69, 9.17) is 0 Å². The van der Waals surface area contributed by atoms with E-state index in [9.17, 15) is 0 Å². The number of rotatable bonds is 6. The Labute approximate surface area is 141 Å². The molecule has 2 aromatic rings. The summed E-state index contributed by atoms with van der Waals surface area (Å²) in [5, 5.41) is 4.01. The summed E-state index contributed by atoms with van der Waals surface area (Å²) in [6, 6.07) is 19.6. The van der Waals surface area contributed by atoms with Crippen molar-refractivity contribution < 1.29 is 0 Å². The van der Waals surface area contributed by atoms with Crippen molar-refractivity contribution in [3.05, 3.63) is 90.8 Å². The summed E-state index contributed by atoms with van der Waals surface area (Å²) in [5.74, 6) is 0. The summed E-state index contributed by atoms with van der Waals surface area (Å²) in [6.07, 6.45) is 8.29. The summed E-state index contributed by atoms with van der Waals surface area (Å²) in [6.45, 7) is 5.94. The summed E-state index contributed by atoms with van der Waals surface area (Å²) in [4.78, 5) is 2.13. The Morgan fingerprint density at radius 2 is 1.57 bits per heavy atom. The number of anilines is 1. The topological polar surface area (TPSA) is 3.24 Å². The molecule has 1 unspecified atom stereocenters. The second kappa shape index (κ2) is 8.50. The molecule has 2 aromatic carbocycles. The predicted molar refractivity (Wildman–Crippen MR) is 106 cm³/mol. The van der Waals surface area contributed by atoms with Crippen LogP contribution in [0.1, 0.15) is 6.92 Å². The SMILES string of the molecule is C=C/C=C(\C=C/C)P(c1ccccc1)c1ccc(N(C)C)cc1. The number of hydrogen-bond donors (Lipinski definition) is 0. The lowest BCUT2D eigenvalue weighted by atomic mass is 10.3. The predicted octanol–water partition coefficient (Wildman–Crippen LogP) is 4.83. The van der Waals surface area contributed by atoms with Gasteiger partial charge in [0.1, 0.15) is 0 Å². The van der Waals surface area contributed by atoms with Gasteiger partial charge in [0.15, 0.2) is 0 Å².